The first kappa shape index (κ1) is 16.3. The molecule has 0 aromatic heterocycles. The zero-order chi connectivity index (χ0) is 14.5. The molecule has 19 heavy (non-hydrogen) atoms. The van der Waals surface area contributed by atoms with Crippen molar-refractivity contribution in [2.75, 3.05) is 13.2 Å². The molecule has 2 N–H and O–H groups in total. The van der Waals surface area contributed by atoms with Gasteiger partial charge in [-0.05, 0) is 47.5 Å². The number of benzene rings is 1. The Bertz CT molecular complexity index is 452. The van der Waals surface area contributed by atoms with Crippen LogP contribution in [-0.2, 0) is 4.79 Å². The first-order chi connectivity index (χ1) is 8.84. The summed E-state index contributed by atoms with van der Waals surface area (Å²) < 4.78 is 6.04. The van der Waals surface area contributed by atoms with Gasteiger partial charge in [0.1, 0.15) is 5.75 Å². The van der Waals surface area contributed by atoms with Crippen molar-refractivity contribution < 1.29 is 14.6 Å². The van der Waals surface area contributed by atoms with Crippen molar-refractivity contribution in [3.05, 3.63) is 27.7 Å². The van der Waals surface area contributed by atoms with Gasteiger partial charge in [-0.3, -0.25) is 4.79 Å². The van der Waals surface area contributed by atoms with Crippen molar-refractivity contribution in [3.8, 4) is 5.75 Å². The number of rotatable bonds is 6. The summed E-state index contributed by atoms with van der Waals surface area (Å²) in [6, 6.07) is 5.06. The van der Waals surface area contributed by atoms with Gasteiger partial charge in [-0.15, -0.1) is 0 Å². The summed E-state index contributed by atoms with van der Waals surface area (Å²) in [4.78, 5) is 11.6. The SMILES string of the molecule is CCC(C)(O)CNC(=O)COc1ccc(Cl)cc1Br. The third kappa shape index (κ3) is 5.80. The van der Waals surface area contributed by atoms with E-state index < -0.39 is 5.60 Å². The van der Waals surface area contributed by atoms with Crippen LogP contribution >= 0.6 is 27.5 Å². The molecule has 1 rings (SSSR count). The lowest BCUT2D eigenvalue weighted by molar-refractivity contribution is -0.124. The molecule has 1 atom stereocenters. The maximum Gasteiger partial charge on any atom is 0.258 e. The second kappa shape index (κ2) is 7.12. The summed E-state index contributed by atoms with van der Waals surface area (Å²) in [5, 5.41) is 13.0. The molecular formula is C13H17BrClNO3. The number of carbonyl (C=O) groups excluding carboxylic acids is 1. The normalized spacial score (nSPS) is 13.7. The highest BCUT2D eigenvalue weighted by Crippen LogP contribution is 2.27. The van der Waals surface area contributed by atoms with E-state index >= 15 is 0 Å². The smallest absolute Gasteiger partial charge is 0.258 e. The van der Waals surface area contributed by atoms with Crippen molar-refractivity contribution in [2.45, 2.75) is 25.9 Å². The van der Waals surface area contributed by atoms with E-state index in [1.165, 1.54) is 0 Å². The molecule has 0 bridgehead atoms. The number of nitrogens with one attached hydrogen (secondary N) is 1. The van der Waals surface area contributed by atoms with E-state index in [1.807, 2.05) is 6.92 Å². The monoisotopic (exact) mass is 349 g/mol. The standard InChI is InChI=1S/C13H17BrClNO3/c1-3-13(2,18)8-16-12(17)7-19-11-5-4-9(15)6-10(11)14/h4-6,18H,3,7-8H2,1-2H3,(H,16,17). The first-order valence-electron chi connectivity index (χ1n) is 5.91. The van der Waals surface area contributed by atoms with Crippen LogP contribution in [0.15, 0.2) is 22.7 Å². The minimum Gasteiger partial charge on any atom is -0.483 e. The maximum absolute atomic E-state index is 11.6. The Hall–Kier alpha value is -0.780. The molecule has 0 aliphatic rings. The van der Waals surface area contributed by atoms with Gasteiger partial charge in [0.05, 0.1) is 10.1 Å². The van der Waals surface area contributed by atoms with E-state index in [4.69, 9.17) is 16.3 Å². The summed E-state index contributed by atoms with van der Waals surface area (Å²) in [6.45, 7) is 3.62. The van der Waals surface area contributed by atoms with Gasteiger partial charge in [0, 0.05) is 11.6 Å². The number of ether oxygens (including phenoxy) is 1. The fraction of sp³-hybridized carbons (Fsp3) is 0.462. The van der Waals surface area contributed by atoms with Crippen LogP contribution in [0.25, 0.3) is 0 Å². The van der Waals surface area contributed by atoms with Gasteiger partial charge in [0.15, 0.2) is 6.61 Å². The zero-order valence-corrected chi connectivity index (χ0v) is 13.2. The van der Waals surface area contributed by atoms with Crippen LogP contribution < -0.4 is 10.1 Å². The van der Waals surface area contributed by atoms with E-state index in [1.54, 1.807) is 25.1 Å². The lowest BCUT2D eigenvalue weighted by Crippen LogP contribution is -2.41. The summed E-state index contributed by atoms with van der Waals surface area (Å²) in [5.41, 5.74) is -0.892. The molecule has 0 aliphatic carbocycles. The molecule has 0 fully saturated rings. The second-order valence-corrected chi connectivity index (χ2v) is 5.78. The molecular weight excluding hydrogens is 334 g/mol. The summed E-state index contributed by atoms with van der Waals surface area (Å²) >= 11 is 9.10. The lowest BCUT2D eigenvalue weighted by atomic mass is 10.0. The lowest BCUT2D eigenvalue weighted by Gasteiger charge is -2.21. The summed E-state index contributed by atoms with van der Waals surface area (Å²) in [5.74, 6) is 0.261. The maximum atomic E-state index is 11.6. The van der Waals surface area contributed by atoms with Gasteiger partial charge in [-0.1, -0.05) is 18.5 Å². The largest absolute Gasteiger partial charge is 0.483 e. The van der Waals surface area contributed by atoms with Crippen molar-refractivity contribution in [3.63, 3.8) is 0 Å². The number of amides is 1. The second-order valence-electron chi connectivity index (χ2n) is 4.49. The average Bonchev–Trinajstić information content (AvgIpc) is 2.35. The van der Waals surface area contributed by atoms with Crippen LogP contribution in [0, 0.1) is 0 Å². The highest BCUT2D eigenvalue weighted by atomic mass is 79.9. The minimum atomic E-state index is -0.892. The molecule has 0 aliphatic heterocycles. The van der Waals surface area contributed by atoms with Crippen LogP contribution in [0.5, 0.6) is 5.75 Å². The molecule has 0 saturated carbocycles. The van der Waals surface area contributed by atoms with E-state index in [2.05, 4.69) is 21.2 Å². The van der Waals surface area contributed by atoms with Crippen LogP contribution in [0.1, 0.15) is 20.3 Å². The van der Waals surface area contributed by atoms with Gasteiger partial charge < -0.3 is 15.2 Å². The Morgan fingerprint density at radius 2 is 2.26 bits per heavy atom. The minimum absolute atomic E-state index is 0.111. The van der Waals surface area contributed by atoms with E-state index in [9.17, 15) is 9.90 Å². The van der Waals surface area contributed by atoms with Gasteiger partial charge in [-0.25, -0.2) is 0 Å². The quantitative estimate of drug-likeness (QED) is 0.829. The topological polar surface area (TPSA) is 58.6 Å². The fourth-order valence-electron chi connectivity index (χ4n) is 1.20. The predicted octanol–water partition coefficient (Wildman–Crippen LogP) is 2.76. The molecule has 1 aromatic carbocycles. The number of halogens is 2. The first-order valence-corrected chi connectivity index (χ1v) is 7.08. The van der Waals surface area contributed by atoms with Gasteiger partial charge in [0.25, 0.3) is 5.91 Å². The van der Waals surface area contributed by atoms with Crippen LogP contribution in [0.4, 0.5) is 0 Å². The number of carbonyl (C=O) groups is 1. The Morgan fingerprint density at radius 1 is 1.58 bits per heavy atom. The van der Waals surface area contributed by atoms with E-state index in [-0.39, 0.29) is 19.1 Å². The molecule has 4 nitrogen and oxygen atoms in total. The Balaban J connectivity index is 2.42. The summed E-state index contributed by atoms with van der Waals surface area (Å²) in [7, 11) is 0. The van der Waals surface area contributed by atoms with Crippen LogP contribution in [0.2, 0.25) is 5.02 Å². The molecule has 1 amide bonds. The molecule has 6 heteroatoms. The Labute approximate surface area is 126 Å². The molecule has 1 unspecified atom stereocenters. The molecule has 106 valence electrons. The average molecular weight is 351 g/mol. The van der Waals surface area contributed by atoms with Gasteiger partial charge >= 0.3 is 0 Å². The van der Waals surface area contributed by atoms with E-state index in [0.29, 0.717) is 21.7 Å². The Morgan fingerprint density at radius 3 is 2.84 bits per heavy atom. The van der Waals surface area contributed by atoms with Gasteiger partial charge in [-0.2, -0.15) is 0 Å². The fourth-order valence-corrected chi connectivity index (χ4v) is 2.00. The molecule has 0 radical (unpaired) electrons. The van der Waals surface area contributed by atoms with Gasteiger partial charge in [0.2, 0.25) is 0 Å². The van der Waals surface area contributed by atoms with Crippen LogP contribution in [0.3, 0.4) is 0 Å². The Kier molecular flexibility index (Phi) is 6.10. The molecule has 0 saturated heterocycles. The van der Waals surface area contributed by atoms with Crippen molar-refractivity contribution in [1.82, 2.24) is 5.32 Å². The highest BCUT2D eigenvalue weighted by Gasteiger charge is 2.18. The predicted molar refractivity (Wildman–Crippen MR) is 78.6 cm³/mol. The molecule has 0 heterocycles. The van der Waals surface area contributed by atoms with Crippen molar-refractivity contribution in [2.24, 2.45) is 0 Å². The van der Waals surface area contributed by atoms with Crippen LogP contribution in [-0.4, -0.2) is 29.8 Å². The highest BCUT2D eigenvalue weighted by molar-refractivity contribution is 9.10. The number of hydrogen-bond acceptors (Lipinski definition) is 3. The van der Waals surface area contributed by atoms with Crippen molar-refractivity contribution >= 4 is 33.4 Å². The molecule has 1 aromatic rings. The number of hydrogen-bond donors (Lipinski definition) is 2. The third-order valence-electron chi connectivity index (χ3n) is 2.68. The third-order valence-corrected chi connectivity index (χ3v) is 3.54. The zero-order valence-electron chi connectivity index (χ0n) is 10.9. The molecule has 0 spiro atoms. The number of aliphatic hydroxyl groups is 1. The summed E-state index contributed by atoms with van der Waals surface area (Å²) in [6.07, 6.45) is 0.566. The van der Waals surface area contributed by atoms with E-state index in [0.717, 1.165) is 0 Å². The van der Waals surface area contributed by atoms with Crippen molar-refractivity contribution in [1.29, 1.82) is 0 Å².